The van der Waals surface area contributed by atoms with Gasteiger partial charge in [-0.3, -0.25) is 9.59 Å². The molecule has 0 aliphatic carbocycles. The molecule has 6 heteroatoms. The number of aromatic nitrogens is 2. The SMILES string of the molecule is CC(C(=O)O)c1nc2ccc(F)cc2c(=O)[nH]1. The van der Waals surface area contributed by atoms with Crippen molar-refractivity contribution in [2.75, 3.05) is 0 Å². The van der Waals surface area contributed by atoms with E-state index in [0.717, 1.165) is 6.07 Å². The number of H-pyrrole nitrogens is 1. The zero-order valence-electron chi connectivity index (χ0n) is 8.90. The molecule has 88 valence electrons. The number of hydrogen-bond donors (Lipinski definition) is 2. The normalized spacial score (nSPS) is 12.6. The van der Waals surface area contributed by atoms with Crippen molar-refractivity contribution in [3.8, 4) is 0 Å². The van der Waals surface area contributed by atoms with Gasteiger partial charge in [-0.05, 0) is 25.1 Å². The topological polar surface area (TPSA) is 83.0 Å². The summed E-state index contributed by atoms with van der Waals surface area (Å²) in [6.07, 6.45) is 0. The molecule has 0 amide bonds. The maximum atomic E-state index is 12.9. The van der Waals surface area contributed by atoms with Crippen molar-refractivity contribution >= 4 is 16.9 Å². The van der Waals surface area contributed by atoms with Crippen LogP contribution in [-0.4, -0.2) is 21.0 Å². The van der Waals surface area contributed by atoms with Crippen LogP contribution in [0.1, 0.15) is 18.7 Å². The Balaban J connectivity index is 2.68. The second-order valence-electron chi connectivity index (χ2n) is 3.67. The van der Waals surface area contributed by atoms with E-state index in [-0.39, 0.29) is 16.7 Å². The summed E-state index contributed by atoms with van der Waals surface area (Å²) in [5, 5.41) is 8.92. The lowest BCUT2D eigenvalue weighted by Gasteiger charge is -2.06. The molecule has 0 radical (unpaired) electrons. The third kappa shape index (κ3) is 2.01. The highest BCUT2D eigenvalue weighted by Crippen LogP contribution is 2.13. The lowest BCUT2D eigenvalue weighted by atomic mass is 10.1. The monoisotopic (exact) mass is 236 g/mol. The molecule has 0 saturated heterocycles. The van der Waals surface area contributed by atoms with Crippen molar-refractivity contribution in [2.24, 2.45) is 0 Å². The van der Waals surface area contributed by atoms with Gasteiger partial charge >= 0.3 is 5.97 Å². The fourth-order valence-corrected chi connectivity index (χ4v) is 1.45. The Morgan fingerprint density at radius 2 is 2.24 bits per heavy atom. The Labute approximate surface area is 94.9 Å². The third-order valence-corrected chi connectivity index (χ3v) is 2.47. The first-order chi connectivity index (χ1) is 7.99. The summed E-state index contributed by atoms with van der Waals surface area (Å²) < 4.78 is 12.9. The highest BCUT2D eigenvalue weighted by atomic mass is 19.1. The van der Waals surface area contributed by atoms with Crippen LogP contribution in [0.15, 0.2) is 23.0 Å². The maximum Gasteiger partial charge on any atom is 0.313 e. The number of carboxylic acids is 1. The van der Waals surface area contributed by atoms with Crippen molar-refractivity contribution in [1.29, 1.82) is 0 Å². The second-order valence-corrected chi connectivity index (χ2v) is 3.67. The van der Waals surface area contributed by atoms with Crippen molar-refractivity contribution in [1.82, 2.24) is 9.97 Å². The van der Waals surface area contributed by atoms with Crippen molar-refractivity contribution in [3.63, 3.8) is 0 Å². The molecule has 0 aliphatic rings. The first-order valence-corrected chi connectivity index (χ1v) is 4.91. The van der Waals surface area contributed by atoms with E-state index in [2.05, 4.69) is 9.97 Å². The number of aliphatic carboxylic acids is 1. The molecule has 1 atom stereocenters. The van der Waals surface area contributed by atoms with Crippen molar-refractivity contribution < 1.29 is 14.3 Å². The van der Waals surface area contributed by atoms with Gasteiger partial charge in [-0.25, -0.2) is 9.37 Å². The van der Waals surface area contributed by atoms with Gasteiger partial charge in [0.1, 0.15) is 17.6 Å². The molecule has 0 aliphatic heterocycles. The molecule has 0 fully saturated rings. The van der Waals surface area contributed by atoms with Gasteiger partial charge in [0.25, 0.3) is 5.56 Å². The summed E-state index contributed by atoms with van der Waals surface area (Å²) in [4.78, 5) is 28.7. The van der Waals surface area contributed by atoms with Gasteiger partial charge < -0.3 is 10.1 Å². The number of carbonyl (C=O) groups is 1. The van der Waals surface area contributed by atoms with Gasteiger partial charge in [0.05, 0.1) is 10.9 Å². The maximum absolute atomic E-state index is 12.9. The van der Waals surface area contributed by atoms with Crippen molar-refractivity contribution in [3.05, 3.63) is 40.2 Å². The number of nitrogens with zero attached hydrogens (tertiary/aromatic N) is 1. The minimum atomic E-state index is -1.09. The van der Waals surface area contributed by atoms with Gasteiger partial charge in [0.15, 0.2) is 0 Å². The van der Waals surface area contributed by atoms with Gasteiger partial charge in [-0.15, -0.1) is 0 Å². The van der Waals surface area contributed by atoms with Crippen LogP contribution >= 0.6 is 0 Å². The van der Waals surface area contributed by atoms with Crippen LogP contribution in [-0.2, 0) is 4.79 Å². The number of fused-ring (bicyclic) bond motifs is 1. The van der Waals surface area contributed by atoms with E-state index >= 15 is 0 Å². The second kappa shape index (κ2) is 3.97. The Morgan fingerprint density at radius 3 is 2.88 bits per heavy atom. The molecule has 1 unspecified atom stereocenters. The summed E-state index contributed by atoms with van der Waals surface area (Å²) in [6.45, 7) is 1.41. The number of nitrogens with one attached hydrogen (secondary N) is 1. The van der Waals surface area contributed by atoms with Crippen LogP contribution in [0, 0.1) is 5.82 Å². The molecule has 2 N–H and O–H groups in total. The number of rotatable bonds is 2. The molecule has 1 heterocycles. The lowest BCUT2D eigenvalue weighted by molar-refractivity contribution is -0.138. The van der Waals surface area contributed by atoms with E-state index in [4.69, 9.17) is 5.11 Å². The largest absolute Gasteiger partial charge is 0.481 e. The smallest absolute Gasteiger partial charge is 0.313 e. The number of aromatic amines is 1. The first kappa shape index (κ1) is 11.3. The predicted octanol–water partition coefficient (Wildman–Crippen LogP) is 1.25. The Kier molecular flexibility index (Phi) is 2.63. The zero-order chi connectivity index (χ0) is 12.6. The van der Waals surface area contributed by atoms with Crippen LogP contribution < -0.4 is 5.56 Å². The quantitative estimate of drug-likeness (QED) is 0.822. The molecule has 0 spiro atoms. The number of hydrogen-bond acceptors (Lipinski definition) is 3. The zero-order valence-corrected chi connectivity index (χ0v) is 8.90. The number of halogens is 1. The summed E-state index contributed by atoms with van der Waals surface area (Å²) in [7, 11) is 0. The van der Waals surface area contributed by atoms with Crippen LogP contribution in [0.4, 0.5) is 4.39 Å². The van der Waals surface area contributed by atoms with E-state index in [0.29, 0.717) is 0 Å². The molecule has 17 heavy (non-hydrogen) atoms. The molecule has 1 aromatic carbocycles. The molecule has 5 nitrogen and oxygen atoms in total. The average Bonchev–Trinajstić information content (AvgIpc) is 2.28. The molecule has 2 rings (SSSR count). The molecular weight excluding hydrogens is 227 g/mol. The Bertz CT molecular complexity index is 651. The molecular formula is C11H9FN2O3. The molecule has 2 aromatic rings. The van der Waals surface area contributed by atoms with E-state index in [1.165, 1.54) is 19.1 Å². The van der Waals surface area contributed by atoms with Crippen LogP contribution in [0.2, 0.25) is 0 Å². The Morgan fingerprint density at radius 1 is 1.53 bits per heavy atom. The summed E-state index contributed by atoms with van der Waals surface area (Å²) in [5.41, 5.74) is -0.268. The molecule has 0 saturated carbocycles. The molecule has 0 bridgehead atoms. The van der Waals surface area contributed by atoms with E-state index in [9.17, 15) is 14.0 Å². The van der Waals surface area contributed by atoms with Crippen LogP contribution in [0.25, 0.3) is 10.9 Å². The van der Waals surface area contributed by atoms with E-state index in [1.807, 2.05) is 0 Å². The van der Waals surface area contributed by atoms with Gasteiger partial charge in [-0.1, -0.05) is 0 Å². The molecule has 1 aromatic heterocycles. The average molecular weight is 236 g/mol. The fraction of sp³-hybridized carbons (Fsp3) is 0.182. The minimum Gasteiger partial charge on any atom is -0.481 e. The van der Waals surface area contributed by atoms with Gasteiger partial charge in [0, 0.05) is 0 Å². The lowest BCUT2D eigenvalue weighted by Crippen LogP contribution is -2.18. The summed E-state index contributed by atoms with van der Waals surface area (Å²) in [5.74, 6) is -2.49. The van der Waals surface area contributed by atoms with Crippen LogP contribution in [0.3, 0.4) is 0 Å². The first-order valence-electron chi connectivity index (χ1n) is 4.91. The predicted molar refractivity (Wildman–Crippen MR) is 58.4 cm³/mol. The van der Waals surface area contributed by atoms with Crippen LogP contribution in [0.5, 0.6) is 0 Å². The highest BCUT2D eigenvalue weighted by Gasteiger charge is 2.17. The third-order valence-electron chi connectivity index (χ3n) is 2.47. The van der Waals surface area contributed by atoms with Crippen molar-refractivity contribution in [2.45, 2.75) is 12.8 Å². The van der Waals surface area contributed by atoms with Gasteiger partial charge in [0.2, 0.25) is 0 Å². The fourth-order valence-electron chi connectivity index (χ4n) is 1.45. The van der Waals surface area contributed by atoms with Gasteiger partial charge in [-0.2, -0.15) is 0 Å². The standard InChI is InChI=1S/C11H9FN2O3/c1-5(11(16)17)9-13-8-3-2-6(12)4-7(8)10(15)14-9/h2-5H,1H3,(H,16,17)(H,13,14,15). The minimum absolute atomic E-state index is 0.0570. The highest BCUT2D eigenvalue weighted by molar-refractivity contribution is 5.79. The summed E-state index contributed by atoms with van der Waals surface area (Å²) >= 11 is 0. The number of carboxylic acid groups (broad SMARTS) is 1. The van der Waals surface area contributed by atoms with E-state index in [1.54, 1.807) is 0 Å². The van der Waals surface area contributed by atoms with E-state index < -0.39 is 23.3 Å². The Hall–Kier alpha value is -2.24. The number of benzene rings is 1. The summed E-state index contributed by atoms with van der Waals surface area (Å²) in [6, 6.07) is 3.58.